The smallest absolute Gasteiger partial charge is 0.407 e. The van der Waals surface area contributed by atoms with E-state index in [2.05, 4.69) is 5.32 Å². The van der Waals surface area contributed by atoms with Gasteiger partial charge < -0.3 is 19.5 Å². The van der Waals surface area contributed by atoms with Crippen molar-refractivity contribution in [2.24, 2.45) is 0 Å². The largest absolute Gasteiger partial charge is 0.445 e. The standard InChI is InChI=1S/C18H23NO5/c1-18(2)23-15-10-13(8-9-14(20)16(15)24-18)19-17(21)22-11-12-6-4-3-5-7-12/h3-7,13,15-16H,8-11H2,1-2H3,(H,19,21)/t13-,15-,16-/m1/s1. The predicted molar refractivity (Wildman–Crippen MR) is 86.2 cm³/mol. The van der Waals surface area contributed by atoms with Crippen molar-refractivity contribution in [1.29, 1.82) is 0 Å². The first-order valence-corrected chi connectivity index (χ1v) is 8.28. The van der Waals surface area contributed by atoms with Crippen LogP contribution >= 0.6 is 0 Å². The fourth-order valence-corrected chi connectivity index (χ4v) is 3.20. The van der Waals surface area contributed by atoms with Gasteiger partial charge in [-0.1, -0.05) is 30.3 Å². The van der Waals surface area contributed by atoms with Crippen molar-refractivity contribution in [3.05, 3.63) is 35.9 Å². The Morgan fingerprint density at radius 2 is 2.04 bits per heavy atom. The molecule has 1 aromatic carbocycles. The van der Waals surface area contributed by atoms with Gasteiger partial charge in [0.15, 0.2) is 11.6 Å². The van der Waals surface area contributed by atoms with Crippen molar-refractivity contribution < 1.29 is 23.8 Å². The molecule has 3 atom stereocenters. The summed E-state index contributed by atoms with van der Waals surface area (Å²) in [5, 5.41) is 2.84. The van der Waals surface area contributed by atoms with Gasteiger partial charge in [-0.3, -0.25) is 4.79 Å². The number of Topliss-reactive ketones (excluding diaryl/α,β-unsaturated/α-hetero) is 1. The van der Waals surface area contributed by atoms with Crippen LogP contribution in [0, 0.1) is 0 Å². The zero-order chi connectivity index (χ0) is 17.2. The molecule has 0 aromatic heterocycles. The molecule has 2 aliphatic rings. The number of ketones is 1. The molecule has 6 nitrogen and oxygen atoms in total. The molecule has 1 heterocycles. The Hall–Kier alpha value is -1.92. The highest BCUT2D eigenvalue weighted by Gasteiger charge is 2.47. The van der Waals surface area contributed by atoms with E-state index in [1.54, 1.807) is 13.8 Å². The number of benzene rings is 1. The summed E-state index contributed by atoms with van der Waals surface area (Å²) in [7, 11) is 0. The van der Waals surface area contributed by atoms with E-state index >= 15 is 0 Å². The Kier molecular flexibility index (Phi) is 4.87. The summed E-state index contributed by atoms with van der Waals surface area (Å²) in [6, 6.07) is 9.33. The number of alkyl carbamates (subject to hydrolysis) is 1. The number of carbonyl (C=O) groups excluding carboxylic acids is 2. The second-order valence-electron chi connectivity index (χ2n) is 6.74. The van der Waals surface area contributed by atoms with Crippen molar-refractivity contribution in [3.63, 3.8) is 0 Å². The van der Waals surface area contributed by atoms with Gasteiger partial charge in [0.2, 0.25) is 0 Å². The molecule has 1 N–H and O–H groups in total. The monoisotopic (exact) mass is 333 g/mol. The minimum absolute atomic E-state index is 0.0347. The second kappa shape index (κ2) is 6.91. The third-order valence-corrected chi connectivity index (χ3v) is 4.29. The van der Waals surface area contributed by atoms with Crippen LogP contribution in [-0.2, 0) is 25.6 Å². The van der Waals surface area contributed by atoms with Crippen LogP contribution in [0.1, 0.15) is 38.7 Å². The van der Waals surface area contributed by atoms with E-state index in [1.807, 2.05) is 30.3 Å². The van der Waals surface area contributed by atoms with Crippen LogP contribution in [0.25, 0.3) is 0 Å². The summed E-state index contributed by atoms with van der Waals surface area (Å²) < 4.78 is 16.7. The minimum Gasteiger partial charge on any atom is -0.445 e. The number of nitrogens with one attached hydrogen (secondary N) is 1. The SMILES string of the molecule is CC1(C)O[C@@H]2C(=O)CC[C@@H](NC(=O)OCc3ccccc3)C[C@H]2O1. The average Bonchev–Trinajstić information content (AvgIpc) is 2.78. The third-order valence-electron chi connectivity index (χ3n) is 4.29. The van der Waals surface area contributed by atoms with Gasteiger partial charge in [-0.2, -0.15) is 0 Å². The van der Waals surface area contributed by atoms with Gasteiger partial charge in [-0.25, -0.2) is 4.79 Å². The molecule has 1 aromatic rings. The maximum atomic E-state index is 12.2. The Bertz CT molecular complexity index is 601. The lowest BCUT2D eigenvalue weighted by atomic mass is 10.1. The molecule has 0 unspecified atom stereocenters. The summed E-state index contributed by atoms with van der Waals surface area (Å²) >= 11 is 0. The molecule has 0 spiro atoms. The van der Waals surface area contributed by atoms with E-state index in [9.17, 15) is 9.59 Å². The molecule has 2 fully saturated rings. The lowest BCUT2D eigenvalue weighted by Crippen LogP contribution is -2.38. The second-order valence-corrected chi connectivity index (χ2v) is 6.74. The summed E-state index contributed by atoms with van der Waals surface area (Å²) in [5.41, 5.74) is 0.929. The predicted octanol–water partition coefficient (Wildman–Crippen LogP) is 2.55. The summed E-state index contributed by atoms with van der Waals surface area (Å²) in [4.78, 5) is 24.2. The van der Waals surface area contributed by atoms with E-state index in [-0.39, 0.29) is 24.5 Å². The van der Waals surface area contributed by atoms with Crippen LogP contribution in [0.3, 0.4) is 0 Å². The van der Waals surface area contributed by atoms with Gasteiger partial charge in [0, 0.05) is 12.5 Å². The molecule has 1 saturated carbocycles. The molecule has 130 valence electrons. The van der Waals surface area contributed by atoms with E-state index in [0.29, 0.717) is 19.3 Å². The van der Waals surface area contributed by atoms with Crippen LogP contribution in [0.5, 0.6) is 0 Å². The lowest BCUT2D eigenvalue weighted by molar-refractivity contribution is -0.156. The Morgan fingerprint density at radius 3 is 2.79 bits per heavy atom. The minimum atomic E-state index is -0.763. The number of amides is 1. The molecule has 6 heteroatoms. The van der Waals surface area contributed by atoms with Crippen LogP contribution in [0.2, 0.25) is 0 Å². The first-order chi connectivity index (χ1) is 11.4. The Morgan fingerprint density at radius 1 is 1.29 bits per heavy atom. The number of ether oxygens (including phenoxy) is 3. The van der Waals surface area contributed by atoms with E-state index in [4.69, 9.17) is 14.2 Å². The third kappa shape index (κ3) is 4.13. The topological polar surface area (TPSA) is 73.9 Å². The normalized spacial score (nSPS) is 28.8. The maximum Gasteiger partial charge on any atom is 0.407 e. The molecular weight excluding hydrogens is 310 g/mol. The van der Waals surface area contributed by atoms with Crippen molar-refractivity contribution in [3.8, 4) is 0 Å². The molecular formula is C18H23NO5. The van der Waals surface area contributed by atoms with Crippen LogP contribution in [0.15, 0.2) is 30.3 Å². The highest BCUT2D eigenvalue weighted by atomic mass is 16.8. The van der Waals surface area contributed by atoms with Gasteiger partial charge in [-0.15, -0.1) is 0 Å². The zero-order valence-electron chi connectivity index (χ0n) is 14.0. The van der Waals surface area contributed by atoms with Crippen LogP contribution < -0.4 is 5.32 Å². The number of carbonyl (C=O) groups is 2. The van der Waals surface area contributed by atoms with Crippen molar-refractivity contribution >= 4 is 11.9 Å². The van der Waals surface area contributed by atoms with Gasteiger partial charge in [0.25, 0.3) is 0 Å². The lowest BCUT2D eigenvalue weighted by Gasteiger charge is -2.21. The molecule has 3 rings (SSSR count). The molecule has 1 amide bonds. The summed E-state index contributed by atoms with van der Waals surface area (Å²) in [5.74, 6) is -0.728. The number of rotatable bonds is 3. The average molecular weight is 333 g/mol. The van der Waals surface area contributed by atoms with Crippen molar-refractivity contribution in [2.75, 3.05) is 0 Å². The quantitative estimate of drug-likeness (QED) is 0.920. The number of hydrogen-bond donors (Lipinski definition) is 1. The highest BCUT2D eigenvalue weighted by molar-refractivity contribution is 5.84. The molecule has 0 bridgehead atoms. The van der Waals surface area contributed by atoms with Crippen LogP contribution in [-0.4, -0.2) is 35.9 Å². The van der Waals surface area contributed by atoms with Gasteiger partial charge in [0.05, 0.1) is 6.10 Å². The van der Waals surface area contributed by atoms with Crippen molar-refractivity contribution in [2.45, 2.75) is 63.8 Å². The first kappa shape index (κ1) is 16.9. The Balaban J connectivity index is 1.53. The molecule has 24 heavy (non-hydrogen) atoms. The van der Waals surface area contributed by atoms with E-state index < -0.39 is 18.0 Å². The van der Waals surface area contributed by atoms with Gasteiger partial charge >= 0.3 is 6.09 Å². The van der Waals surface area contributed by atoms with E-state index in [0.717, 1.165) is 5.56 Å². The molecule has 1 aliphatic carbocycles. The fraction of sp³-hybridized carbons (Fsp3) is 0.556. The Labute approximate surface area is 141 Å². The maximum absolute atomic E-state index is 12.2. The van der Waals surface area contributed by atoms with Gasteiger partial charge in [0.1, 0.15) is 12.7 Å². The van der Waals surface area contributed by atoms with Crippen LogP contribution in [0.4, 0.5) is 4.79 Å². The van der Waals surface area contributed by atoms with Crippen molar-refractivity contribution in [1.82, 2.24) is 5.32 Å². The van der Waals surface area contributed by atoms with Gasteiger partial charge in [-0.05, 0) is 32.3 Å². The fourth-order valence-electron chi connectivity index (χ4n) is 3.20. The highest BCUT2D eigenvalue weighted by Crippen LogP contribution is 2.34. The molecule has 1 saturated heterocycles. The van der Waals surface area contributed by atoms with E-state index in [1.165, 1.54) is 0 Å². The molecule has 0 radical (unpaired) electrons. The number of fused-ring (bicyclic) bond motifs is 1. The first-order valence-electron chi connectivity index (χ1n) is 8.28. The molecule has 1 aliphatic heterocycles. The number of hydrogen-bond acceptors (Lipinski definition) is 5. The summed E-state index contributed by atoms with van der Waals surface area (Å²) in [6.45, 7) is 3.81. The summed E-state index contributed by atoms with van der Waals surface area (Å²) in [6.07, 6.45) is 0.138. The zero-order valence-corrected chi connectivity index (χ0v) is 14.0.